The molecular weight excluding hydrogens is 383 g/mol. The maximum absolute atomic E-state index is 14.2. The van der Waals surface area contributed by atoms with Crippen LogP contribution in [-0.4, -0.2) is 38.4 Å². The summed E-state index contributed by atoms with van der Waals surface area (Å²) in [5.41, 5.74) is 1.58. The number of hydrogen-bond acceptors (Lipinski definition) is 5. The fraction of sp³-hybridized carbons (Fsp3) is 0.316. The Bertz CT molecular complexity index is 937. The number of aromatic nitrogens is 3. The molecule has 0 saturated heterocycles. The summed E-state index contributed by atoms with van der Waals surface area (Å²) in [4.78, 5) is 14.2. The van der Waals surface area contributed by atoms with E-state index in [9.17, 15) is 9.18 Å². The fourth-order valence-electron chi connectivity index (χ4n) is 2.84. The van der Waals surface area contributed by atoms with Crippen LogP contribution in [0.4, 0.5) is 4.39 Å². The lowest BCUT2D eigenvalue weighted by atomic mass is 10.2. The van der Waals surface area contributed by atoms with Crippen LogP contribution in [0.2, 0.25) is 0 Å². The van der Waals surface area contributed by atoms with Crippen LogP contribution < -0.4 is 0 Å². The SMILES string of the molecule is CN(Cc1ccsc1)C(=O)CSc1nnc(-c2ccccc2F)n1C1CC1. The number of thioether (sulfide) groups is 1. The van der Waals surface area contributed by atoms with Crippen molar-refractivity contribution in [2.45, 2.75) is 30.6 Å². The molecule has 1 aliphatic carbocycles. The van der Waals surface area contributed by atoms with E-state index in [4.69, 9.17) is 0 Å². The number of halogens is 1. The molecule has 0 N–H and O–H groups in total. The largest absolute Gasteiger partial charge is 0.341 e. The van der Waals surface area contributed by atoms with Gasteiger partial charge in [-0.15, -0.1) is 10.2 Å². The van der Waals surface area contributed by atoms with Gasteiger partial charge in [-0.3, -0.25) is 9.36 Å². The first kappa shape index (κ1) is 18.2. The van der Waals surface area contributed by atoms with Crippen LogP contribution in [0.15, 0.2) is 46.2 Å². The monoisotopic (exact) mass is 402 g/mol. The van der Waals surface area contributed by atoms with Crippen LogP contribution >= 0.6 is 23.1 Å². The van der Waals surface area contributed by atoms with Gasteiger partial charge in [0.15, 0.2) is 11.0 Å². The Morgan fingerprint density at radius 2 is 2.15 bits per heavy atom. The zero-order valence-corrected chi connectivity index (χ0v) is 16.5. The predicted molar refractivity (Wildman–Crippen MR) is 105 cm³/mol. The topological polar surface area (TPSA) is 51.0 Å². The molecule has 27 heavy (non-hydrogen) atoms. The molecule has 5 nitrogen and oxygen atoms in total. The Morgan fingerprint density at radius 1 is 1.33 bits per heavy atom. The van der Waals surface area contributed by atoms with Crippen molar-refractivity contribution in [1.29, 1.82) is 0 Å². The number of hydrogen-bond donors (Lipinski definition) is 0. The predicted octanol–water partition coefficient (Wildman–Crippen LogP) is 4.23. The Balaban J connectivity index is 1.48. The average Bonchev–Trinajstić information content (AvgIpc) is 3.21. The highest BCUT2D eigenvalue weighted by molar-refractivity contribution is 7.99. The van der Waals surface area contributed by atoms with Crippen LogP contribution in [0.1, 0.15) is 24.4 Å². The maximum atomic E-state index is 14.2. The first-order chi connectivity index (χ1) is 13.1. The molecule has 1 amide bonds. The third-order valence-electron chi connectivity index (χ3n) is 4.44. The Morgan fingerprint density at radius 3 is 2.85 bits per heavy atom. The standard InChI is InChI=1S/C19H19FN4OS2/c1-23(10-13-8-9-26-11-13)17(25)12-27-19-22-21-18(24(19)14-6-7-14)15-4-2-3-5-16(15)20/h2-5,8-9,11,14H,6-7,10,12H2,1H3. The molecule has 0 spiro atoms. The molecule has 3 aromatic rings. The van der Waals surface area contributed by atoms with Gasteiger partial charge in [0.1, 0.15) is 5.82 Å². The summed E-state index contributed by atoms with van der Waals surface area (Å²) < 4.78 is 16.2. The molecule has 1 saturated carbocycles. The van der Waals surface area contributed by atoms with Crippen LogP contribution in [0.25, 0.3) is 11.4 Å². The van der Waals surface area contributed by atoms with Crippen LogP contribution in [0.5, 0.6) is 0 Å². The van der Waals surface area contributed by atoms with Gasteiger partial charge in [-0.25, -0.2) is 4.39 Å². The molecule has 1 aromatic carbocycles. The minimum Gasteiger partial charge on any atom is -0.341 e. The fourth-order valence-corrected chi connectivity index (χ4v) is 4.45. The van der Waals surface area contributed by atoms with E-state index in [1.807, 2.05) is 21.4 Å². The Hall–Kier alpha value is -2.19. The molecule has 0 bridgehead atoms. The van der Waals surface area contributed by atoms with Gasteiger partial charge >= 0.3 is 0 Å². The summed E-state index contributed by atoms with van der Waals surface area (Å²) in [5, 5.41) is 13.2. The van der Waals surface area contributed by atoms with Gasteiger partial charge in [-0.05, 0) is 47.4 Å². The lowest BCUT2D eigenvalue weighted by molar-refractivity contribution is -0.127. The van der Waals surface area contributed by atoms with Crippen molar-refractivity contribution in [3.05, 3.63) is 52.5 Å². The number of benzene rings is 1. The summed E-state index contributed by atoms with van der Waals surface area (Å²) >= 11 is 2.99. The van der Waals surface area contributed by atoms with Gasteiger partial charge < -0.3 is 4.90 Å². The molecule has 2 heterocycles. The first-order valence-electron chi connectivity index (χ1n) is 8.71. The van der Waals surface area contributed by atoms with E-state index in [2.05, 4.69) is 10.2 Å². The highest BCUT2D eigenvalue weighted by Gasteiger charge is 2.31. The second kappa shape index (κ2) is 7.82. The zero-order valence-electron chi connectivity index (χ0n) is 14.8. The molecule has 0 unspecified atom stereocenters. The number of amides is 1. The minimum absolute atomic E-state index is 0.0315. The lowest BCUT2D eigenvalue weighted by Crippen LogP contribution is -2.27. The van der Waals surface area contributed by atoms with Gasteiger partial charge in [0.05, 0.1) is 11.3 Å². The van der Waals surface area contributed by atoms with Crippen molar-refractivity contribution in [3.63, 3.8) is 0 Å². The molecule has 1 aliphatic rings. The summed E-state index contributed by atoms with van der Waals surface area (Å²) in [6.07, 6.45) is 2.05. The normalized spacial score (nSPS) is 13.7. The van der Waals surface area contributed by atoms with Crippen LogP contribution in [0, 0.1) is 5.82 Å². The van der Waals surface area contributed by atoms with Gasteiger partial charge in [0, 0.05) is 19.6 Å². The molecule has 4 rings (SSSR count). The van der Waals surface area contributed by atoms with Crippen molar-refractivity contribution >= 4 is 29.0 Å². The second-order valence-electron chi connectivity index (χ2n) is 6.56. The molecule has 2 aromatic heterocycles. The quantitative estimate of drug-likeness (QED) is 0.555. The summed E-state index contributed by atoms with van der Waals surface area (Å²) in [6.45, 7) is 0.596. The van der Waals surface area contributed by atoms with E-state index in [0.717, 1.165) is 18.4 Å². The van der Waals surface area contributed by atoms with E-state index in [1.165, 1.54) is 17.8 Å². The molecule has 140 valence electrons. The third-order valence-corrected chi connectivity index (χ3v) is 6.10. The third kappa shape index (κ3) is 4.06. The zero-order chi connectivity index (χ0) is 18.8. The first-order valence-corrected chi connectivity index (χ1v) is 10.6. The smallest absolute Gasteiger partial charge is 0.233 e. The molecule has 0 atom stereocenters. The van der Waals surface area contributed by atoms with E-state index < -0.39 is 0 Å². The minimum atomic E-state index is -0.310. The van der Waals surface area contributed by atoms with E-state index in [0.29, 0.717) is 23.1 Å². The maximum Gasteiger partial charge on any atom is 0.233 e. The average molecular weight is 403 g/mol. The van der Waals surface area contributed by atoms with Gasteiger partial charge in [-0.1, -0.05) is 23.9 Å². The molecule has 8 heteroatoms. The van der Waals surface area contributed by atoms with Crippen molar-refractivity contribution in [1.82, 2.24) is 19.7 Å². The summed E-state index contributed by atoms with van der Waals surface area (Å²) in [6, 6.07) is 8.90. The van der Waals surface area contributed by atoms with Crippen molar-refractivity contribution < 1.29 is 9.18 Å². The van der Waals surface area contributed by atoms with Crippen LogP contribution in [-0.2, 0) is 11.3 Å². The molecule has 1 fully saturated rings. The highest BCUT2D eigenvalue weighted by Crippen LogP contribution is 2.41. The van der Waals surface area contributed by atoms with Crippen molar-refractivity contribution in [2.24, 2.45) is 0 Å². The van der Waals surface area contributed by atoms with Gasteiger partial charge in [0.25, 0.3) is 0 Å². The highest BCUT2D eigenvalue weighted by atomic mass is 32.2. The summed E-state index contributed by atoms with van der Waals surface area (Å²) in [7, 11) is 1.80. The number of rotatable bonds is 7. The van der Waals surface area contributed by atoms with Gasteiger partial charge in [-0.2, -0.15) is 11.3 Å². The van der Waals surface area contributed by atoms with Gasteiger partial charge in [0.2, 0.25) is 5.91 Å². The Labute approximate surface area is 165 Å². The molecular formula is C19H19FN4OS2. The summed E-state index contributed by atoms with van der Waals surface area (Å²) in [5.74, 6) is 0.541. The van der Waals surface area contributed by atoms with E-state index in [-0.39, 0.29) is 23.5 Å². The van der Waals surface area contributed by atoms with Crippen molar-refractivity contribution in [2.75, 3.05) is 12.8 Å². The lowest BCUT2D eigenvalue weighted by Gasteiger charge is -2.16. The molecule has 0 aliphatic heterocycles. The van der Waals surface area contributed by atoms with E-state index >= 15 is 0 Å². The number of carbonyl (C=O) groups excluding carboxylic acids is 1. The Kier molecular flexibility index (Phi) is 5.27. The number of thiophene rings is 1. The van der Waals surface area contributed by atoms with Crippen molar-refractivity contribution in [3.8, 4) is 11.4 Å². The van der Waals surface area contributed by atoms with E-state index in [1.54, 1.807) is 41.5 Å². The second-order valence-corrected chi connectivity index (χ2v) is 8.28. The number of carbonyl (C=O) groups is 1. The van der Waals surface area contributed by atoms with Crippen LogP contribution in [0.3, 0.4) is 0 Å². The molecule has 0 radical (unpaired) electrons. The number of nitrogens with zero attached hydrogens (tertiary/aromatic N) is 4.